The third-order valence-electron chi connectivity index (χ3n) is 3.98. The number of ether oxygens (including phenoxy) is 1. The van der Waals surface area contributed by atoms with Gasteiger partial charge in [0, 0.05) is 30.6 Å². The minimum absolute atomic E-state index is 0.113. The number of nitrogen functional groups attached to an aromatic ring is 1. The maximum absolute atomic E-state index is 5.80. The fourth-order valence-corrected chi connectivity index (χ4v) is 2.54. The molecule has 1 aliphatic rings. The molecule has 1 heterocycles. The Morgan fingerprint density at radius 1 is 1.42 bits per heavy atom. The van der Waals surface area contributed by atoms with Crippen molar-refractivity contribution in [2.45, 2.75) is 52.7 Å². The van der Waals surface area contributed by atoms with Gasteiger partial charge in [-0.1, -0.05) is 20.8 Å². The maximum atomic E-state index is 5.80. The molecule has 1 saturated carbocycles. The number of nitrogens with zero attached hydrogens (tertiary/aromatic N) is 2. The zero-order valence-electron chi connectivity index (χ0n) is 12.2. The number of anilines is 2. The van der Waals surface area contributed by atoms with Crippen molar-refractivity contribution in [1.82, 2.24) is 9.97 Å². The van der Waals surface area contributed by atoms with Crippen molar-refractivity contribution < 1.29 is 4.74 Å². The molecule has 0 radical (unpaired) electrons. The topological polar surface area (TPSA) is 73.1 Å². The Hall–Kier alpha value is -1.36. The molecule has 3 N–H and O–H groups in total. The summed E-state index contributed by atoms with van der Waals surface area (Å²) in [6.45, 7) is 9.27. The first-order valence-corrected chi connectivity index (χ1v) is 6.99. The van der Waals surface area contributed by atoms with E-state index in [1.165, 1.54) is 0 Å². The van der Waals surface area contributed by atoms with Crippen molar-refractivity contribution in [2.75, 3.05) is 17.7 Å². The number of nitrogens with one attached hydrogen (secondary N) is 1. The number of rotatable bonds is 5. The Labute approximate surface area is 115 Å². The quantitative estimate of drug-likeness (QED) is 0.853. The van der Waals surface area contributed by atoms with Crippen LogP contribution in [0.4, 0.5) is 11.6 Å². The summed E-state index contributed by atoms with van der Waals surface area (Å²) in [5, 5.41) is 3.46. The largest absolute Gasteiger partial charge is 0.384 e. The highest BCUT2D eigenvalue weighted by Gasteiger charge is 2.49. The normalized spacial score (nSPS) is 24.8. The lowest BCUT2D eigenvalue weighted by Crippen LogP contribution is -2.58. The zero-order chi connectivity index (χ0) is 14.0. The number of hydrogen-bond donors (Lipinski definition) is 2. The van der Waals surface area contributed by atoms with Crippen molar-refractivity contribution in [3.8, 4) is 0 Å². The van der Waals surface area contributed by atoms with E-state index in [2.05, 4.69) is 29.1 Å². The number of nitrogens with two attached hydrogens (primary N) is 1. The predicted octanol–water partition coefficient (Wildman–Crippen LogP) is 2.24. The van der Waals surface area contributed by atoms with Crippen molar-refractivity contribution in [3.05, 3.63) is 11.9 Å². The van der Waals surface area contributed by atoms with E-state index in [0.29, 0.717) is 18.0 Å². The van der Waals surface area contributed by atoms with E-state index in [4.69, 9.17) is 10.5 Å². The molecule has 0 saturated heterocycles. The van der Waals surface area contributed by atoms with Crippen LogP contribution in [-0.2, 0) is 11.2 Å². The lowest BCUT2D eigenvalue weighted by atomic mass is 9.64. The van der Waals surface area contributed by atoms with Crippen LogP contribution in [0.2, 0.25) is 0 Å². The lowest BCUT2D eigenvalue weighted by Gasteiger charge is -2.51. The molecular weight excluding hydrogens is 240 g/mol. The van der Waals surface area contributed by atoms with E-state index in [1.54, 1.807) is 6.07 Å². The van der Waals surface area contributed by atoms with Crippen molar-refractivity contribution in [2.24, 2.45) is 5.41 Å². The van der Waals surface area contributed by atoms with Crippen LogP contribution in [0, 0.1) is 5.41 Å². The summed E-state index contributed by atoms with van der Waals surface area (Å²) in [4.78, 5) is 8.65. The minimum atomic E-state index is 0.113. The lowest BCUT2D eigenvalue weighted by molar-refractivity contribution is -0.0976. The van der Waals surface area contributed by atoms with Gasteiger partial charge in [0.05, 0.1) is 6.10 Å². The molecule has 1 fully saturated rings. The Kier molecular flexibility index (Phi) is 3.94. The van der Waals surface area contributed by atoms with Crippen molar-refractivity contribution >= 4 is 11.6 Å². The fraction of sp³-hybridized carbons (Fsp3) is 0.714. The standard InChI is InChI=1S/C14H24N4O/c1-5-12-17-11(15)8-13(18-12)16-9-7-10(19-6-2)14(9,3)4/h8-10H,5-7H2,1-4H3,(H3,15,16,17,18). The molecule has 1 aromatic heterocycles. The highest BCUT2D eigenvalue weighted by atomic mass is 16.5. The molecule has 2 atom stereocenters. The van der Waals surface area contributed by atoms with Gasteiger partial charge in [-0.05, 0) is 13.3 Å². The van der Waals surface area contributed by atoms with Gasteiger partial charge < -0.3 is 15.8 Å². The van der Waals surface area contributed by atoms with E-state index < -0.39 is 0 Å². The van der Waals surface area contributed by atoms with Crippen molar-refractivity contribution in [1.29, 1.82) is 0 Å². The van der Waals surface area contributed by atoms with Gasteiger partial charge in [0.2, 0.25) is 0 Å². The van der Waals surface area contributed by atoms with Gasteiger partial charge >= 0.3 is 0 Å². The second kappa shape index (κ2) is 5.33. The summed E-state index contributed by atoms with van der Waals surface area (Å²) < 4.78 is 5.73. The summed E-state index contributed by atoms with van der Waals surface area (Å²) in [6.07, 6.45) is 2.11. The summed E-state index contributed by atoms with van der Waals surface area (Å²) in [6, 6.07) is 2.16. The summed E-state index contributed by atoms with van der Waals surface area (Å²) in [5.74, 6) is 2.12. The Balaban J connectivity index is 2.05. The highest BCUT2D eigenvalue weighted by molar-refractivity contribution is 5.46. The van der Waals surface area contributed by atoms with Gasteiger partial charge in [-0.2, -0.15) is 0 Å². The molecule has 1 aliphatic carbocycles. The van der Waals surface area contributed by atoms with E-state index in [0.717, 1.165) is 31.1 Å². The fourth-order valence-electron chi connectivity index (χ4n) is 2.54. The van der Waals surface area contributed by atoms with Gasteiger partial charge in [0.25, 0.3) is 0 Å². The van der Waals surface area contributed by atoms with Gasteiger partial charge in [-0.3, -0.25) is 0 Å². The molecule has 0 aromatic carbocycles. The van der Waals surface area contributed by atoms with Crippen LogP contribution in [-0.4, -0.2) is 28.7 Å². The summed E-state index contributed by atoms with van der Waals surface area (Å²) in [7, 11) is 0. The predicted molar refractivity (Wildman–Crippen MR) is 77.0 cm³/mol. The highest BCUT2D eigenvalue weighted by Crippen LogP contribution is 2.44. The van der Waals surface area contributed by atoms with Gasteiger partial charge in [0.15, 0.2) is 0 Å². The molecule has 0 aliphatic heterocycles. The first kappa shape index (κ1) is 14.1. The number of hydrogen-bond acceptors (Lipinski definition) is 5. The van der Waals surface area contributed by atoms with E-state index in [9.17, 15) is 0 Å². The molecule has 2 unspecified atom stereocenters. The molecule has 0 amide bonds. The second-order valence-corrected chi connectivity index (χ2v) is 5.65. The monoisotopic (exact) mass is 264 g/mol. The minimum Gasteiger partial charge on any atom is -0.384 e. The van der Waals surface area contributed by atoms with Crippen LogP contribution in [0.15, 0.2) is 6.07 Å². The molecule has 106 valence electrons. The van der Waals surface area contributed by atoms with Crippen molar-refractivity contribution in [3.63, 3.8) is 0 Å². The number of aryl methyl sites for hydroxylation is 1. The van der Waals surface area contributed by atoms with Crippen LogP contribution in [0.5, 0.6) is 0 Å². The Morgan fingerprint density at radius 2 is 2.16 bits per heavy atom. The van der Waals surface area contributed by atoms with E-state index >= 15 is 0 Å². The van der Waals surface area contributed by atoms with Crippen LogP contribution < -0.4 is 11.1 Å². The smallest absolute Gasteiger partial charge is 0.132 e. The zero-order valence-corrected chi connectivity index (χ0v) is 12.2. The van der Waals surface area contributed by atoms with Gasteiger partial charge in [0.1, 0.15) is 17.5 Å². The molecule has 0 bridgehead atoms. The molecule has 0 spiro atoms. The van der Waals surface area contributed by atoms with E-state index in [-0.39, 0.29) is 5.41 Å². The Bertz CT molecular complexity index is 447. The second-order valence-electron chi connectivity index (χ2n) is 5.65. The van der Waals surface area contributed by atoms with Gasteiger partial charge in [-0.15, -0.1) is 0 Å². The molecule has 5 nitrogen and oxygen atoms in total. The summed E-state index contributed by atoms with van der Waals surface area (Å²) >= 11 is 0. The molecule has 1 aromatic rings. The first-order chi connectivity index (χ1) is 8.97. The van der Waals surface area contributed by atoms with E-state index in [1.807, 2.05) is 13.8 Å². The maximum Gasteiger partial charge on any atom is 0.132 e. The van der Waals surface area contributed by atoms with Crippen LogP contribution in [0.3, 0.4) is 0 Å². The average Bonchev–Trinajstić information content (AvgIpc) is 2.37. The first-order valence-electron chi connectivity index (χ1n) is 6.99. The average molecular weight is 264 g/mol. The van der Waals surface area contributed by atoms with Crippen LogP contribution in [0.25, 0.3) is 0 Å². The SMILES string of the molecule is CCOC1CC(Nc2cc(N)nc(CC)n2)C1(C)C. The van der Waals surface area contributed by atoms with Gasteiger partial charge in [-0.25, -0.2) is 9.97 Å². The van der Waals surface area contributed by atoms with Crippen LogP contribution >= 0.6 is 0 Å². The number of aromatic nitrogens is 2. The third-order valence-corrected chi connectivity index (χ3v) is 3.98. The molecule has 19 heavy (non-hydrogen) atoms. The van der Waals surface area contributed by atoms with Crippen LogP contribution in [0.1, 0.15) is 39.9 Å². The molecule has 2 rings (SSSR count). The molecule has 5 heteroatoms. The third kappa shape index (κ3) is 2.81. The summed E-state index contributed by atoms with van der Waals surface area (Å²) in [5.41, 5.74) is 5.91. The molecular formula is C14H24N4O. The Morgan fingerprint density at radius 3 is 2.74 bits per heavy atom.